The standard InChI is InChI=1S/C19H25N3O2/c1-3-5-11-17-12-18(23)22(15-20-17)14-19(24)21(4-2)13-16-9-7-6-8-10-16/h6-10,12,15H,3-5,11,13-14H2,1-2H3. The second kappa shape index (κ2) is 9.01. The number of rotatable bonds is 8. The zero-order valence-electron chi connectivity index (χ0n) is 14.4. The molecule has 0 bridgehead atoms. The van der Waals surface area contributed by atoms with E-state index in [4.69, 9.17) is 0 Å². The number of hydrogen-bond donors (Lipinski definition) is 0. The average molecular weight is 327 g/mol. The lowest BCUT2D eigenvalue weighted by Gasteiger charge is -2.21. The fourth-order valence-corrected chi connectivity index (χ4v) is 2.50. The summed E-state index contributed by atoms with van der Waals surface area (Å²) in [6, 6.07) is 11.4. The van der Waals surface area contributed by atoms with Crippen LogP contribution in [0.4, 0.5) is 0 Å². The van der Waals surface area contributed by atoms with E-state index in [9.17, 15) is 9.59 Å². The van der Waals surface area contributed by atoms with Crippen LogP contribution in [0, 0.1) is 0 Å². The average Bonchev–Trinajstić information content (AvgIpc) is 2.60. The Bertz CT molecular complexity index is 710. The molecule has 5 nitrogen and oxygen atoms in total. The summed E-state index contributed by atoms with van der Waals surface area (Å²) in [5.41, 5.74) is 1.70. The molecule has 2 aromatic rings. The molecule has 0 aliphatic heterocycles. The zero-order valence-corrected chi connectivity index (χ0v) is 14.4. The normalized spacial score (nSPS) is 10.6. The molecule has 0 fully saturated rings. The van der Waals surface area contributed by atoms with Crippen LogP contribution in [0.15, 0.2) is 47.5 Å². The first-order valence-electron chi connectivity index (χ1n) is 8.51. The molecule has 0 saturated carbocycles. The first kappa shape index (κ1) is 17.9. The second-order valence-electron chi connectivity index (χ2n) is 5.84. The van der Waals surface area contributed by atoms with Crippen molar-refractivity contribution in [3.05, 3.63) is 64.3 Å². The van der Waals surface area contributed by atoms with Gasteiger partial charge in [-0.05, 0) is 25.3 Å². The molecular formula is C19H25N3O2. The highest BCUT2D eigenvalue weighted by Crippen LogP contribution is 2.05. The van der Waals surface area contributed by atoms with Crippen LogP contribution in [-0.2, 0) is 24.3 Å². The lowest BCUT2D eigenvalue weighted by atomic mass is 10.2. The molecule has 0 radical (unpaired) electrons. The van der Waals surface area contributed by atoms with E-state index in [1.807, 2.05) is 37.3 Å². The van der Waals surface area contributed by atoms with Crippen LogP contribution in [0.3, 0.4) is 0 Å². The zero-order chi connectivity index (χ0) is 17.4. The van der Waals surface area contributed by atoms with Crippen LogP contribution in [0.25, 0.3) is 0 Å². The fourth-order valence-electron chi connectivity index (χ4n) is 2.50. The Morgan fingerprint density at radius 3 is 2.58 bits per heavy atom. The molecule has 1 amide bonds. The van der Waals surface area contributed by atoms with Crippen molar-refractivity contribution in [1.82, 2.24) is 14.5 Å². The molecule has 0 aliphatic carbocycles. The lowest BCUT2D eigenvalue weighted by molar-refractivity contribution is -0.132. The van der Waals surface area contributed by atoms with E-state index in [1.54, 1.807) is 4.90 Å². The molecule has 0 saturated heterocycles. The van der Waals surface area contributed by atoms with Crippen molar-refractivity contribution in [2.45, 2.75) is 46.2 Å². The summed E-state index contributed by atoms with van der Waals surface area (Å²) in [6.07, 6.45) is 4.36. The van der Waals surface area contributed by atoms with E-state index in [0.717, 1.165) is 30.5 Å². The van der Waals surface area contributed by atoms with Crippen LogP contribution < -0.4 is 5.56 Å². The largest absolute Gasteiger partial charge is 0.337 e. The Balaban J connectivity index is 2.03. The molecule has 0 N–H and O–H groups in total. The number of amides is 1. The van der Waals surface area contributed by atoms with Crippen LogP contribution in [-0.4, -0.2) is 26.9 Å². The molecule has 128 valence electrons. The van der Waals surface area contributed by atoms with Crippen LogP contribution >= 0.6 is 0 Å². The van der Waals surface area contributed by atoms with Crippen molar-refractivity contribution >= 4 is 5.91 Å². The van der Waals surface area contributed by atoms with Crippen LogP contribution in [0.1, 0.15) is 37.9 Å². The lowest BCUT2D eigenvalue weighted by Crippen LogP contribution is -2.36. The van der Waals surface area contributed by atoms with Crippen LogP contribution in [0.5, 0.6) is 0 Å². The predicted octanol–water partition coefficient (Wildman–Crippen LogP) is 2.63. The molecule has 5 heteroatoms. The maximum absolute atomic E-state index is 12.5. The quantitative estimate of drug-likeness (QED) is 0.749. The highest BCUT2D eigenvalue weighted by atomic mass is 16.2. The van der Waals surface area contributed by atoms with Gasteiger partial charge in [0, 0.05) is 24.8 Å². The van der Waals surface area contributed by atoms with Gasteiger partial charge in [0.05, 0.1) is 6.33 Å². The Labute approximate surface area is 143 Å². The summed E-state index contributed by atoms with van der Waals surface area (Å²) in [5.74, 6) is -0.0773. The van der Waals surface area contributed by atoms with Crippen molar-refractivity contribution in [2.75, 3.05) is 6.54 Å². The first-order chi connectivity index (χ1) is 11.6. The third-order valence-electron chi connectivity index (χ3n) is 3.98. The van der Waals surface area contributed by atoms with Gasteiger partial charge in [-0.2, -0.15) is 0 Å². The van der Waals surface area contributed by atoms with Crippen molar-refractivity contribution in [2.24, 2.45) is 0 Å². The van der Waals surface area contributed by atoms with E-state index in [2.05, 4.69) is 11.9 Å². The number of unbranched alkanes of at least 4 members (excludes halogenated alkanes) is 1. The molecule has 0 spiro atoms. The van der Waals surface area contributed by atoms with Crippen molar-refractivity contribution in [1.29, 1.82) is 0 Å². The van der Waals surface area contributed by atoms with Gasteiger partial charge in [-0.25, -0.2) is 4.98 Å². The second-order valence-corrected chi connectivity index (χ2v) is 5.84. The van der Waals surface area contributed by atoms with E-state index < -0.39 is 0 Å². The van der Waals surface area contributed by atoms with Crippen molar-refractivity contribution in [3.8, 4) is 0 Å². The van der Waals surface area contributed by atoms with E-state index in [1.165, 1.54) is 17.0 Å². The predicted molar refractivity (Wildman–Crippen MR) is 94.6 cm³/mol. The first-order valence-corrected chi connectivity index (χ1v) is 8.51. The number of aryl methyl sites for hydroxylation is 1. The minimum absolute atomic E-state index is 0.0283. The summed E-state index contributed by atoms with van der Waals surface area (Å²) >= 11 is 0. The number of nitrogens with zero attached hydrogens (tertiary/aromatic N) is 3. The highest BCUT2D eigenvalue weighted by Gasteiger charge is 2.13. The van der Waals surface area contributed by atoms with Gasteiger partial charge in [-0.1, -0.05) is 43.7 Å². The smallest absolute Gasteiger partial charge is 0.253 e. The number of likely N-dealkylation sites (N-methyl/N-ethyl adjacent to an activating group) is 1. The molecule has 1 heterocycles. The van der Waals surface area contributed by atoms with E-state index in [0.29, 0.717) is 13.1 Å². The van der Waals surface area contributed by atoms with Gasteiger partial charge >= 0.3 is 0 Å². The number of hydrogen-bond acceptors (Lipinski definition) is 3. The van der Waals surface area contributed by atoms with E-state index >= 15 is 0 Å². The Morgan fingerprint density at radius 2 is 1.96 bits per heavy atom. The molecule has 24 heavy (non-hydrogen) atoms. The minimum atomic E-state index is -0.166. The van der Waals surface area contributed by atoms with Crippen molar-refractivity contribution in [3.63, 3.8) is 0 Å². The summed E-state index contributed by atoms with van der Waals surface area (Å²) in [5, 5.41) is 0. The maximum Gasteiger partial charge on any atom is 0.253 e. The molecular weight excluding hydrogens is 302 g/mol. The topological polar surface area (TPSA) is 55.2 Å². The SMILES string of the molecule is CCCCc1cc(=O)n(CC(=O)N(CC)Cc2ccccc2)cn1. The number of carbonyl (C=O) groups is 1. The van der Waals surface area contributed by atoms with Crippen LogP contribution in [0.2, 0.25) is 0 Å². The molecule has 1 aromatic carbocycles. The van der Waals surface area contributed by atoms with Crippen molar-refractivity contribution < 1.29 is 4.79 Å². The molecule has 2 rings (SSSR count). The number of carbonyl (C=O) groups excluding carboxylic acids is 1. The third kappa shape index (κ3) is 5.05. The Morgan fingerprint density at radius 1 is 1.21 bits per heavy atom. The Hall–Kier alpha value is -2.43. The molecule has 0 unspecified atom stereocenters. The van der Waals surface area contributed by atoms with Gasteiger partial charge in [0.1, 0.15) is 6.54 Å². The maximum atomic E-state index is 12.5. The number of benzene rings is 1. The summed E-state index contributed by atoms with van der Waals surface area (Å²) in [6.45, 7) is 5.22. The summed E-state index contributed by atoms with van der Waals surface area (Å²) in [7, 11) is 0. The number of aromatic nitrogens is 2. The molecule has 1 aromatic heterocycles. The van der Waals surface area contributed by atoms with Gasteiger partial charge in [-0.15, -0.1) is 0 Å². The summed E-state index contributed by atoms with van der Waals surface area (Å²) < 4.78 is 1.38. The fraction of sp³-hybridized carbons (Fsp3) is 0.421. The highest BCUT2D eigenvalue weighted by molar-refractivity contribution is 5.75. The van der Waals surface area contributed by atoms with Gasteiger partial charge in [0.15, 0.2) is 0 Å². The van der Waals surface area contributed by atoms with Gasteiger partial charge < -0.3 is 4.90 Å². The minimum Gasteiger partial charge on any atom is -0.337 e. The van der Waals surface area contributed by atoms with E-state index in [-0.39, 0.29) is 18.0 Å². The van der Waals surface area contributed by atoms with Gasteiger partial charge in [0.25, 0.3) is 5.56 Å². The molecule has 0 atom stereocenters. The Kier molecular flexibility index (Phi) is 6.73. The molecule has 0 aliphatic rings. The van der Waals surface area contributed by atoms with Gasteiger partial charge in [-0.3, -0.25) is 14.2 Å². The third-order valence-corrected chi connectivity index (χ3v) is 3.98. The monoisotopic (exact) mass is 327 g/mol. The van der Waals surface area contributed by atoms with Gasteiger partial charge in [0.2, 0.25) is 5.91 Å². The summed E-state index contributed by atoms with van der Waals surface area (Å²) in [4.78, 5) is 30.7.